The molecule has 5 nitrogen and oxygen atoms in total. The lowest BCUT2D eigenvalue weighted by atomic mass is 10.1. The van der Waals surface area contributed by atoms with Crippen molar-refractivity contribution in [3.05, 3.63) is 64.2 Å². The maximum absolute atomic E-state index is 10.6. The van der Waals surface area contributed by atoms with Crippen LogP contribution in [0.15, 0.2) is 48.5 Å². The molecule has 5 heteroatoms. The molecular weight excluding hydrogens is 256 g/mol. The first-order chi connectivity index (χ1) is 9.60. The van der Waals surface area contributed by atoms with Crippen LogP contribution in [0.5, 0.6) is 11.5 Å². The zero-order valence-corrected chi connectivity index (χ0v) is 11.2. The molecule has 0 amide bonds. The van der Waals surface area contributed by atoms with Crippen molar-refractivity contribution in [3.63, 3.8) is 0 Å². The number of rotatable bonds is 5. The molecule has 0 radical (unpaired) electrons. The Labute approximate surface area is 117 Å². The first-order valence-corrected chi connectivity index (χ1v) is 6.38. The van der Waals surface area contributed by atoms with Crippen molar-refractivity contribution >= 4 is 5.69 Å². The minimum absolute atomic E-state index is 0.0181. The Balaban J connectivity index is 2.15. The molecular formula is C15H16N2O3. The number of benzene rings is 2. The van der Waals surface area contributed by atoms with Crippen LogP contribution in [0, 0.1) is 10.1 Å². The second-order valence-electron chi connectivity index (χ2n) is 4.44. The van der Waals surface area contributed by atoms with Crippen molar-refractivity contribution in [3.8, 4) is 11.5 Å². The summed E-state index contributed by atoms with van der Waals surface area (Å²) in [6.07, 6.45) is 0.848. The predicted molar refractivity (Wildman–Crippen MR) is 76.8 cm³/mol. The van der Waals surface area contributed by atoms with Crippen LogP contribution in [0.25, 0.3) is 0 Å². The minimum Gasteiger partial charge on any atom is -0.457 e. The van der Waals surface area contributed by atoms with Gasteiger partial charge in [-0.25, -0.2) is 0 Å². The summed E-state index contributed by atoms with van der Waals surface area (Å²) in [6, 6.07) is 13.5. The van der Waals surface area contributed by atoms with Gasteiger partial charge >= 0.3 is 0 Å². The average molecular weight is 272 g/mol. The normalized spacial score (nSPS) is 11.9. The Hall–Kier alpha value is -2.40. The summed E-state index contributed by atoms with van der Waals surface area (Å²) in [5.41, 5.74) is 7.03. The highest BCUT2D eigenvalue weighted by atomic mass is 16.6. The van der Waals surface area contributed by atoms with Crippen LogP contribution in [0.2, 0.25) is 0 Å². The van der Waals surface area contributed by atoms with Crippen molar-refractivity contribution in [2.75, 3.05) is 0 Å². The first kappa shape index (κ1) is 14.0. The van der Waals surface area contributed by atoms with E-state index in [1.54, 1.807) is 12.1 Å². The summed E-state index contributed by atoms with van der Waals surface area (Å²) in [4.78, 5) is 10.1. The lowest BCUT2D eigenvalue weighted by Gasteiger charge is -2.11. The Kier molecular flexibility index (Phi) is 4.32. The summed E-state index contributed by atoms with van der Waals surface area (Å²) in [5.74, 6) is 1.22. The maximum atomic E-state index is 10.6. The number of nitro groups is 1. The Morgan fingerprint density at radius 1 is 1.20 bits per heavy atom. The third-order valence-corrected chi connectivity index (χ3v) is 3.01. The standard InChI is InChI=1S/C15H16N2O3/c1-2-15(16)11-4-3-5-14(10-11)20-13-8-6-12(7-9-13)17(18)19/h3-10,15H,2,16H2,1H3. The molecule has 0 aliphatic carbocycles. The summed E-state index contributed by atoms with van der Waals surface area (Å²) < 4.78 is 5.67. The Morgan fingerprint density at radius 2 is 1.90 bits per heavy atom. The van der Waals surface area contributed by atoms with E-state index < -0.39 is 4.92 Å². The molecule has 1 unspecified atom stereocenters. The topological polar surface area (TPSA) is 78.4 Å². The monoisotopic (exact) mass is 272 g/mol. The van der Waals surface area contributed by atoms with Gasteiger partial charge in [0, 0.05) is 18.2 Å². The van der Waals surface area contributed by atoms with Gasteiger partial charge in [0.15, 0.2) is 0 Å². The van der Waals surface area contributed by atoms with Crippen molar-refractivity contribution in [2.24, 2.45) is 5.73 Å². The number of hydrogen-bond donors (Lipinski definition) is 1. The molecule has 2 aromatic carbocycles. The van der Waals surface area contributed by atoms with Crippen LogP contribution in [0.4, 0.5) is 5.69 Å². The highest BCUT2D eigenvalue weighted by Gasteiger charge is 2.07. The molecule has 104 valence electrons. The molecule has 0 aromatic heterocycles. The second-order valence-corrected chi connectivity index (χ2v) is 4.44. The van der Waals surface area contributed by atoms with Gasteiger partial charge in [0.1, 0.15) is 11.5 Å². The van der Waals surface area contributed by atoms with Crippen LogP contribution >= 0.6 is 0 Å². The summed E-state index contributed by atoms with van der Waals surface area (Å²) >= 11 is 0. The van der Waals surface area contributed by atoms with E-state index in [9.17, 15) is 10.1 Å². The van der Waals surface area contributed by atoms with Gasteiger partial charge in [-0.15, -0.1) is 0 Å². The van der Waals surface area contributed by atoms with Crippen LogP contribution in [0.1, 0.15) is 24.9 Å². The van der Waals surface area contributed by atoms with E-state index >= 15 is 0 Å². The molecule has 0 saturated carbocycles. The number of nitrogens with zero attached hydrogens (tertiary/aromatic N) is 1. The molecule has 0 aliphatic heterocycles. The SMILES string of the molecule is CCC(N)c1cccc(Oc2ccc([N+](=O)[O-])cc2)c1. The molecule has 0 fully saturated rings. The largest absolute Gasteiger partial charge is 0.457 e. The lowest BCUT2D eigenvalue weighted by Crippen LogP contribution is -2.08. The van der Waals surface area contributed by atoms with Crippen LogP contribution in [-0.2, 0) is 0 Å². The minimum atomic E-state index is -0.440. The quantitative estimate of drug-likeness (QED) is 0.663. The third-order valence-electron chi connectivity index (χ3n) is 3.01. The second kappa shape index (κ2) is 6.16. The molecule has 2 rings (SSSR count). The third kappa shape index (κ3) is 3.33. The molecule has 20 heavy (non-hydrogen) atoms. The number of ether oxygens (including phenoxy) is 1. The zero-order valence-electron chi connectivity index (χ0n) is 11.2. The fourth-order valence-electron chi connectivity index (χ4n) is 1.82. The predicted octanol–water partition coefficient (Wildman–Crippen LogP) is 3.80. The highest BCUT2D eigenvalue weighted by molar-refractivity contribution is 5.39. The van der Waals surface area contributed by atoms with Gasteiger partial charge in [0.25, 0.3) is 5.69 Å². The van der Waals surface area contributed by atoms with Crippen molar-refractivity contribution in [2.45, 2.75) is 19.4 Å². The highest BCUT2D eigenvalue weighted by Crippen LogP contribution is 2.26. The van der Waals surface area contributed by atoms with E-state index in [4.69, 9.17) is 10.5 Å². The first-order valence-electron chi connectivity index (χ1n) is 6.38. The Morgan fingerprint density at radius 3 is 2.50 bits per heavy atom. The average Bonchev–Trinajstić information content (AvgIpc) is 2.47. The number of nitro benzene ring substituents is 1. The van der Waals surface area contributed by atoms with E-state index in [-0.39, 0.29) is 11.7 Å². The van der Waals surface area contributed by atoms with E-state index in [0.717, 1.165) is 12.0 Å². The molecule has 0 bridgehead atoms. The van der Waals surface area contributed by atoms with Crippen LogP contribution < -0.4 is 10.5 Å². The number of nitrogens with two attached hydrogens (primary N) is 1. The number of non-ortho nitro benzene ring substituents is 1. The van der Waals surface area contributed by atoms with Gasteiger partial charge in [-0.2, -0.15) is 0 Å². The fourth-order valence-corrected chi connectivity index (χ4v) is 1.82. The van der Waals surface area contributed by atoms with Gasteiger partial charge in [-0.05, 0) is 36.2 Å². The zero-order chi connectivity index (χ0) is 14.5. The summed E-state index contributed by atoms with van der Waals surface area (Å²) in [5, 5.41) is 10.6. The molecule has 2 aromatic rings. The molecule has 0 saturated heterocycles. The smallest absolute Gasteiger partial charge is 0.269 e. The van der Waals surface area contributed by atoms with Crippen molar-refractivity contribution < 1.29 is 9.66 Å². The molecule has 0 heterocycles. The van der Waals surface area contributed by atoms with Gasteiger partial charge in [0.05, 0.1) is 4.92 Å². The summed E-state index contributed by atoms with van der Waals surface area (Å²) in [6.45, 7) is 2.02. The van der Waals surface area contributed by atoms with E-state index in [2.05, 4.69) is 0 Å². The molecule has 1 atom stereocenters. The van der Waals surface area contributed by atoms with Crippen molar-refractivity contribution in [1.82, 2.24) is 0 Å². The van der Waals surface area contributed by atoms with Gasteiger partial charge in [-0.3, -0.25) is 10.1 Å². The van der Waals surface area contributed by atoms with E-state index in [0.29, 0.717) is 11.5 Å². The summed E-state index contributed by atoms with van der Waals surface area (Å²) in [7, 11) is 0. The van der Waals surface area contributed by atoms with Crippen molar-refractivity contribution in [1.29, 1.82) is 0 Å². The fraction of sp³-hybridized carbons (Fsp3) is 0.200. The van der Waals surface area contributed by atoms with Gasteiger partial charge in [-0.1, -0.05) is 19.1 Å². The van der Waals surface area contributed by atoms with Crippen LogP contribution in [-0.4, -0.2) is 4.92 Å². The van der Waals surface area contributed by atoms with Gasteiger partial charge < -0.3 is 10.5 Å². The maximum Gasteiger partial charge on any atom is 0.269 e. The van der Waals surface area contributed by atoms with Crippen LogP contribution in [0.3, 0.4) is 0 Å². The van der Waals surface area contributed by atoms with E-state index in [1.165, 1.54) is 12.1 Å². The number of hydrogen-bond acceptors (Lipinski definition) is 4. The lowest BCUT2D eigenvalue weighted by molar-refractivity contribution is -0.384. The Bertz CT molecular complexity index is 596. The van der Waals surface area contributed by atoms with Gasteiger partial charge in [0.2, 0.25) is 0 Å². The van der Waals surface area contributed by atoms with E-state index in [1.807, 2.05) is 31.2 Å². The molecule has 2 N–H and O–H groups in total. The molecule has 0 aliphatic rings. The molecule has 0 spiro atoms.